The zero-order chi connectivity index (χ0) is 21.4. The van der Waals surface area contributed by atoms with E-state index in [4.69, 9.17) is 16.6 Å². The van der Waals surface area contributed by atoms with Crippen LogP contribution < -0.4 is 5.32 Å². The maximum absolute atomic E-state index is 12.6. The summed E-state index contributed by atoms with van der Waals surface area (Å²) in [5.41, 5.74) is 5.51. The maximum Gasteiger partial charge on any atom is 0.272 e. The summed E-state index contributed by atoms with van der Waals surface area (Å²) in [6, 6.07) is 23.4. The van der Waals surface area contributed by atoms with Crippen molar-refractivity contribution < 1.29 is 4.79 Å². The number of rotatable bonds is 5. The number of benzene rings is 3. The van der Waals surface area contributed by atoms with Crippen LogP contribution in [-0.2, 0) is 19.9 Å². The predicted octanol–water partition coefficient (Wildman–Crippen LogP) is 5.75. The highest BCUT2D eigenvalue weighted by atomic mass is 35.5. The van der Waals surface area contributed by atoms with E-state index in [0.717, 1.165) is 46.3 Å². The van der Waals surface area contributed by atoms with Gasteiger partial charge >= 0.3 is 0 Å². The molecule has 2 N–H and O–H groups in total. The zero-order valence-electron chi connectivity index (χ0n) is 17.0. The van der Waals surface area contributed by atoms with Crippen molar-refractivity contribution >= 4 is 45.1 Å². The van der Waals surface area contributed by atoms with Crippen molar-refractivity contribution in [2.24, 2.45) is 7.05 Å². The highest BCUT2D eigenvalue weighted by Gasteiger charge is 2.11. The van der Waals surface area contributed by atoms with Crippen LogP contribution in [0.2, 0.25) is 5.02 Å². The van der Waals surface area contributed by atoms with E-state index in [9.17, 15) is 4.79 Å². The van der Waals surface area contributed by atoms with Crippen LogP contribution in [0.3, 0.4) is 0 Å². The van der Waals surface area contributed by atoms with E-state index in [0.29, 0.717) is 10.7 Å². The number of halogens is 1. The highest BCUT2D eigenvalue weighted by molar-refractivity contribution is 6.31. The summed E-state index contributed by atoms with van der Waals surface area (Å²) in [4.78, 5) is 20.5. The summed E-state index contributed by atoms with van der Waals surface area (Å²) in [7, 11) is 2.06. The van der Waals surface area contributed by atoms with Gasteiger partial charge in [0, 0.05) is 35.1 Å². The summed E-state index contributed by atoms with van der Waals surface area (Å²) in [6.07, 6.45) is 1.74. The molecule has 0 atom stereocenters. The van der Waals surface area contributed by atoms with Crippen LogP contribution in [0.4, 0.5) is 5.69 Å². The van der Waals surface area contributed by atoms with Crippen molar-refractivity contribution in [3.8, 4) is 0 Å². The van der Waals surface area contributed by atoms with Gasteiger partial charge in [0.2, 0.25) is 0 Å². The van der Waals surface area contributed by atoms with E-state index in [-0.39, 0.29) is 5.91 Å². The van der Waals surface area contributed by atoms with E-state index < -0.39 is 0 Å². The molecule has 0 fully saturated rings. The number of aryl methyl sites for hydroxylation is 3. The van der Waals surface area contributed by atoms with Crippen LogP contribution in [0.1, 0.15) is 21.9 Å². The smallest absolute Gasteiger partial charge is 0.272 e. The highest BCUT2D eigenvalue weighted by Crippen LogP contribution is 2.21. The van der Waals surface area contributed by atoms with Gasteiger partial charge in [-0.3, -0.25) is 4.79 Å². The molecule has 2 heterocycles. The molecule has 0 unspecified atom stereocenters. The van der Waals surface area contributed by atoms with Crippen molar-refractivity contribution in [3.05, 3.63) is 94.9 Å². The topological polar surface area (TPSA) is 62.7 Å². The SMILES string of the molecule is Cn1c(CCc2ccc(NC(=O)c3cc4cc(Cl)ccc4[nH]3)cc2)nc2ccccc21. The molecule has 0 radical (unpaired) electrons. The molecule has 5 aromatic rings. The lowest BCUT2D eigenvalue weighted by Crippen LogP contribution is -2.12. The van der Waals surface area contributed by atoms with Gasteiger partial charge in [-0.2, -0.15) is 0 Å². The number of imidazole rings is 1. The number of nitrogens with zero attached hydrogens (tertiary/aromatic N) is 2. The molecule has 1 amide bonds. The van der Waals surface area contributed by atoms with Crippen LogP contribution in [0.15, 0.2) is 72.8 Å². The van der Waals surface area contributed by atoms with Crippen LogP contribution in [0, 0.1) is 0 Å². The molecule has 5 rings (SSSR count). The summed E-state index contributed by atoms with van der Waals surface area (Å²) >= 11 is 6.03. The second-order valence-electron chi connectivity index (χ2n) is 7.64. The summed E-state index contributed by atoms with van der Waals surface area (Å²) in [6.45, 7) is 0. The van der Waals surface area contributed by atoms with Gasteiger partial charge in [-0.15, -0.1) is 0 Å². The average Bonchev–Trinajstić information content (AvgIpc) is 3.34. The maximum atomic E-state index is 12.6. The molecule has 0 aliphatic rings. The fourth-order valence-electron chi connectivity index (χ4n) is 3.85. The Morgan fingerprint density at radius 1 is 1.03 bits per heavy atom. The summed E-state index contributed by atoms with van der Waals surface area (Å²) in [5, 5.41) is 4.50. The molecule has 6 heteroatoms. The van der Waals surface area contributed by atoms with Crippen LogP contribution in [0.25, 0.3) is 21.9 Å². The number of carbonyl (C=O) groups excluding carboxylic acids is 1. The molecule has 0 saturated heterocycles. The average molecular weight is 429 g/mol. The van der Waals surface area contributed by atoms with Crippen LogP contribution in [-0.4, -0.2) is 20.4 Å². The van der Waals surface area contributed by atoms with Crippen molar-refractivity contribution in [2.75, 3.05) is 5.32 Å². The van der Waals surface area contributed by atoms with E-state index in [1.165, 1.54) is 5.56 Å². The predicted molar refractivity (Wildman–Crippen MR) is 126 cm³/mol. The molecule has 3 aromatic carbocycles. The molecule has 0 aliphatic heterocycles. The lowest BCUT2D eigenvalue weighted by molar-refractivity contribution is 0.102. The molecule has 0 aliphatic carbocycles. The number of nitrogens with one attached hydrogen (secondary N) is 2. The van der Waals surface area contributed by atoms with Gasteiger partial charge in [0.15, 0.2) is 0 Å². The first-order chi connectivity index (χ1) is 15.1. The number of aromatic nitrogens is 3. The monoisotopic (exact) mass is 428 g/mol. The number of H-pyrrole nitrogens is 1. The second kappa shape index (κ2) is 7.93. The quantitative estimate of drug-likeness (QED) is 0.374. The number of carbonyl (C=O) groups is 1. The Bertz CT molecular complexity index is 1400. The zero-order valence-corrected chi connectivity index (χ0v) is 17.8. The molecule has 0 bridgehead atoms. The second-order valence-corrected chi connectivity index (χ2v) is 8.08. The van der Waals surface area contributed by atoms with Gasteiger partial charge in [-0.05, 0) is 60.5 Å². The number of hydrogen-bond acceptors (Lipinski definition) is 2. The molecule has 0 saturated carbocycles. The number of fused-ring (bicyclic) bond motifs is 2. The number of aromatic amines is 1. The first-order valence-corrected chi connectivity index (χ1v) is 10.5. The van der Waals surface area contributed by atoms with Crippen LogP contribution in [0.5, 0.6) is 0 Å². The Hall–Kier alpha value is -3.57. The van der Waals surface area contributed by atoms with E-state index in [1.807, 2.05) is 60.7 Å². The Morgan fingerprint density at radius 3 is 2.65 bits per heavy atom. The number of para-hydroxylation sites is 2. The third kappa shape index (κ3) is 3.92. The third-order valence-corrected chi connectivity index (χ3v) is 5.79. The molecule has 154 valence electrons. The molecule has 0 spiro atoms. The first-order valence-electron chi connectivity index (χ1n) is 10.2. The minimum Gasteiger partial charge on any atom is -0.351 e. The molecule has 2 aromatic heterocycles. The lowest BCUT2D eigenvalue weighted by Gasteiger charge is -2.06. The van der Waals surface area contributed by atoms with Gasteiger partial charge in [0.25, 0.3) is 5.91 Å². The Labute approximate surface area is 184 Å². The third-order valence-electron chi connectivity index (χ3n) is 5.56. The fraction of sp³-hybridized carbons (Fsp3) is 0.120. The Balaban J connectivity index is 1.25. The van der Waals surface area contributed by atoms with Crippen molar-refractivity contribution in [2.45, 2.75) is 12.8 Å². The normalized spacial score (nSPS) is 11.3. The van der Waals surface area contributed by atoms with Gasteiger partial charge < -0.3 is 14.9 Å². The van der Waals surface area contributed by atoms with Crippen LogP contribution >= 0.6 is 11.6 Å². The van der Waals surface area contributed by atoms with E-state index >= 15 is 0 Å². The molecule has 31 heavy (non-hydrogen) atoms. The molecular formula is C25H21ClN4O. The van der Waals surface area contributed by atoms with Crippen molar-refractivity contribution in [3.63, 3.8) is 0 Å². The largest absolute Gasteiger partial charge is 0.351 e. The number of amides is 1. The minimum atomic E-state index is -0.181. The van der Waals surface area contributed by atoms with Crippen molar-refractivity contribution in [1.29, 1.82) is 0 Å². The Morgan fingerprint density at radius 2 is 1.84 bits per heavy atom. The first kappa shape index (κ1) is 19.4. The molecule has 5 nitrogen and oxygen atoms in total. The minimum absolute atomic E-state index is 0.181. The molecular weight excluding hydrogens is 408 g/mol. The van der Waals surface area contributed by atoms with E-state index in [1.54, 1.807) is 6.07 Å². The van der Waals surface area contributed by atoms with Gasteiger partial charge in [-0.25, -0.2) is 4.98 Å². The van der Waals surface area contributed by atoms with Gasteiger partial charge in [0.1, 0.15) is 11.5 Å². The van der Waals surface area contributed by atoms with Crippen molar-refractivity contribution in [1.82, 2.24) is 14.5 Å². The summed E-state index contributed by atoms with van der Waals surface area (Å²) < 4.78 is 2.15. The Kier molecular flexibility index (Phi) is 4.96. The van der Waals surface area contributed by atoms with Gasteiger partial charge in [-0.1, -0.05) is 35.9 Å². The number of hydrogen-bond donors (Lipinski definition) is 2. The number of anilines is 1. The standard InChI is InChI=1S/C25H21ClN4O/c1-30-23-5-3-2-4-21(23)29-24(30)13-8-16-6-10-19(11-7-16)27-25(31)22-15-17-14-18(26)9-12-20(17)28-22/h2-7,9-12,14-15,28H,8,13H2,1H3,(H,27,31). The fourth-order valence-corrected chi connectivity index (χ4v) is 4.03. The van der Waals surface area contributed by atoms with Gasteiger partial charge in [0.05, 0.1) is 11.0 Å². The van der Waals surface area contributed by atoms with E-state index in [2.05, 4.69) is 28.0 Å². The lowest BCUT2D eigenvalue weighted by atomic mass is 10.1. The summed E-state index contributed by atoms with van der Waals surface area (Å²) in [5.74, 6) is 0.886.